The molecule has 0 saturated heterocycles. The van der Waals surface area contributed by atoms with Gasteiger partial charge in [-0.25, -0.2) is 4.39 Å². The third-order valence-corrected chi connectivity index (χ3v) is 3.86. The van der Waals surface area contributed by atoms with Crippen LogP contribution < -0.4 is 4.90 Å². The molecule has 19 heavy (non-hydrogen) atoms. The van der Waals surface area contributed by atoms with Gasteiger partial charge in [0.25, 0.3) is 0 Å². The summed E-state index contributed by atoms with van der Waals surface area (Å²) in [7, 11) is 0. The van der Waals surface area contributed by atoms with Gasteiger partial charge in [0.1, 0.15) is 6.07 Å². The Labute approximate surface area is 123 Å². The van der Waals surface area contributed by atoms with Crippen LogP contribution in [0, 0.1) is 17.1 Å². The Hall–Kier alpha value is -1.08. The van der Waals surface area contributed by atoms with Gasteiger partial charge >= 0.3 is 0 Å². The van der Waals surface area contributed by atoms with Gasteiger partial charge in [0, 0.05) is 13.1 Å². The molecule has 1 rings (SSSR count). The number of hydrogen-bond donors (Lipinski definition) is 0. The van der Waals surface area contributed by atoms with Gasteiger partial charge in [-0.3, -0.25) is 0 Å². The average Bonchev–Trinajstić information content (AvgIpc) is 2.43. The first-order chi connectivity index (χ1) is 9.15. The van der Waals surface area contributed by atoms with Gasteiger partial charge in [-0.05, 0) is 40.9 Å². The lowest BCUT2D eigenvalue weighted by atomic mass is 10.1. The lowest BCUT2D eigenvalue weighted by molar-refractivity contribution is 0.599. The van der Waals surface area contributed by atoms with Gasteiger partial charge in [-0.1, -0.05) is 26.7 Å². The normalized spacial score (nSPS) is 10.3. The van der Waals surface area contributed by atoms with Crippen molar-refractivity contribution < 1.29 is 4.39 Å². The molecule has 0 atom stereocenters. The summed E-state index contributed by atoms with van der Waals surface area (Å²) in [6.45, 7) is 5.96. The van der Waals surface area contributed by atoms with E-state index >= 15 is 0 Å². The summed E-state index contributed by atoms with van der Waals surface area (Å²) in [6.07, 6.45) is 4.25. The fourth-order valence-corrected chi connectivity index (χ4v) is 2.34. The quantitative estimate of drug-likeness (QED) is 0.714. The number of halogens is 2. The number of nitriles is 1. The molecule has 4 heteroatoms. The van der Waals surface area contributed by atoms with Gasteiger partial charge in [0.05, 0.1) is 15.7 Å². The first-order valence-corrected chi connectivity index (χ1v) is 7.58. The fourth-order valence-electron chi connectivity index (χ4n) is 1.92. The molecule has 0 aliphatic heterocycles. The van der Waals surface area contributed by atoms with Crippen molar-refractivity contribution in [3.63, 3.8) is 0 Å². The van der Waals surface area contributed by atoms with Crippen LogP contribution in [0.5, 0.6) is 0 Å². The molecule has 2 nitrogen and oxygen atoms in total. The third kappa shape index (κ3) is 4.21. The molecule has 104 valence electrons. The predicted octanol–water partition coefficient (Wildman–Crippen LogP) is 4.87. The number of anilines is 1. The summed E-state index contributed by atoms with van der Waals surface area (Å²) < 4.78 is 14.6. The minimum Gasteiger partial charge on any atom is -0.369 e. The fraction of sp³-hybridized carbons (Fsp3) is 0.533. The average molecular weight is 327 g/mol. The standard InChI is InChI=1S/C15H20BrFN2/c1-3-5-9-19(10-6-4-2)13-8-7-12(11-18)14(16)15(13)17/h7-8H,3-6,9-10H2,1-2H3. The molecule has 0 aliphatic rings. The maximum absolute atomic E-state index is 14.3. The monoisotopic (exact) mass is 326 g/mol. The molecule has 0 fully saturated rings. The molecule has 0 amide bonds. The second-order valence-electron chi connectivity index (χ2n) is 4.57. The highest BCUT2D eigenvalue weighted by Gasteiger charge is 2.16. The van der Waals surface area contributed by atoms with Gasteiger partial charge in [0.2, 0.25) is 0 Å². The van der Waals surface area contributed by atoms with Crippen molar-refractivity contribution in [2.24, 2.45) is 0 Å². The summed E-state index contributed by atoms with van der Waals surface area (Å²) in [5, 5.41) is 8.89. The van der Waals surface area contributed by atoms with Crippen LogP contribution in [0.2, 0.25) is 0 Å². The van der Waals surface area contributed by atoms with E-state index < -0.39 is 0 Å². The number of nitrogens with zero attached hydrogens (tertiary/aromatic N) is 2. The molecule has 1 aromatic rings. The van der Waals surface area contributed by atoms with Crippen LogP contribution in [0.1, 0.15) is 45.1 Å². The van der Waals surface area contributed by atoms with Gasteiger partial charge < -0.3 is 4.90 Å². The molecule has 0 aromatic heterocycles. The molecular weight excluding hydrogens is 307 g/mol. The molecular formula is C15H20BrFN2. The Balaban J connectivity index is 3.01. The van der Waals surface area contributed by atoms with E-state index in [1.165, 1.54) is 0 Å². The predicted molar refractivity (Wildman–Crippen MR) is 80.8 cm³/mol. The van der Waals surface area contributed by atoms with Crippen LogP contribution in [0.4, 0.5) is 10.1 Å². The lowest BCUT2D eigenvalue weighted by Crippen LogP contribution is -2.26. The van der Waals surface area contributed by atoms with Crippen molar-refractivity contribution in [3.05, 3.63) is 28.0 Å². The summed E-state index contributed by atoms with van der Waals surface area (Å²) in [6, 6.07) is 5.37. The Morgan fingerprint density at radius 2 is 1.79 bits per heavy atom. The minimum absolute atomic E-state index is 0.269. The summed E-state index contributed by atoms with van der Waals surface area (Å²) in [4.78, 5) is 2.08. The van der Waals surface area contributed by atoms with Crippen molar-refractivity contribution in [1.82, 2.24) is 0 Å². The van der Waals surface area contributed by atoms with Crippen LogP contribution in [-0.2, 0) is 0 Å². The zero-order chi connectivity index (χ0) is 14.3. The van der Waals surface area contributed by atoms with E-state index in [1.54, 1.807) is 12.1 Å². The molecule has 0 heterocycles. The third-order valence-electron chi connectivity index (χ3n) is 3.09. The minimum atomic E-state index is -0.328. The van der Waals surface area contributed by atoms with Crippen molar-refractivity contribution in [2.45, 2.75) is 39.5 Å². The second-order valence-corrected chi connectivity index (χ2v) is 5.36. The Kier molecular flexibility index (Phi) is 6.86. The van der Waals surface area contributed by atoms with E-state index in [0.717, 1.165) is 38.8 Å². The van der Waals surface area contributed by atoms with Gasteiger partial charge in [0.15, 0.2) is 5.82 Å². The number of unbranched alkanes of at least 4 members (excludes halogenated alkanes) is 2. The summed E-state index contributed by atoms with van der Waals surface area (Å²) >= 11 is 3.17. The Morgan fingerprint density at radius 3 is 2.26 bits per heavy atom. The SMILES string of the molecule is CCCCN(CCCC)c1ccc(C#N)c(Br)c1F. The highest BCUT2D eigenvalue weighted by atomic mass is 79.9. The highest BCUT2D eigenvalue weighted by molar-refractivity contribution is 9.10. The van der Waals surface area contributed by atoms with Crippen LogP contribution in [0.25, 0.3) is 0 Å². The van der Waals surface area contributed by atoms with Crippen LogP contribution in [0.3, 0.4) is 0 Å². The number of rotatable bonds is 7. The molecule has 0 unspecified atom stereocenters. The molecule has 0 N–H and O–H groups in total. The van der Waals surface area contributed by atoms with Crippen molar-refractivity contribution in [2.75, 3.05) is 18.0 Å². The number of hydrogen-bond acceptors (Lipinski definition) is 2. The van der Waals surface area contributed by atoms with Crippen LogP contribution in [0.15, 0.2) is 16.6 Å². The van der Waals surface area contributed by atoms with Crippen molar-refractivity contribution >= 4 is 21.6 Å². The van der Waals surface area contributed by atoms with E-state index in [4.69, 9.17) is 5.26 Å². The largest absolute Gasteiger partial charge is 0.369 e. The van der Waals surface area contributed by atoms with E-state index in [9.17, 15) is 4.39 Å². The van der Waals surface area contributed by atoms with Gasteiger partial charge in [-0.2, -0.15) is 5.26 Å². The molecule has 0 bridgehead atoms. The first kappa shape index (κ1) is 16.0. The zero-order valence-corrected chi connectivity index (χ0v) is 13.1. The maximum Gasteiger partial charge on any atom is 0.161 e. The molecule has 0 aliphatic carbocycles. The van der Waals surface area contributed by atoms with Crippen LogP contribution >= 0.6 is 15.9 Å². The summed E-state index contributed by atoms with van der Waals surface area (Å²) in [5.74, 6) is -0.328. The van der Waals surface area contributed by atoms with E-state index in [-0.39, 0.29) is 10.3 Å². The van der Waals surface area contributed by atoms with Crippen LogP contribution in [-0.4, -0.2) is 13.1 Å². The molecule has 1 aromatic carbocycles. The van der Waals surface area contributed by atoms with Gasteiger partial charge in [-0.15, -0.1) is 0 Å². The maximum atomic E-state index is 14.3. The Morgan fingerprint density at radius 1 is 1.21 bits per heavy atom. The van der Waals surface area contributed by atoms with E-state index in [1.807, 2.05) is 6.07 Å². The smallest absolute Gasteiger partial charge is 0.161 e. The van der Waals surface area contributed by atoms with E-state index in [0.29, 0.717) is 11.3 Å². The Bertz CT molecular complexity index is 446. The second kappa shape index (κ2) is 8.16. The van der Waals surface area contributed by atoms with Crippen molar-refractivity contribution in [1.29, 1.82) is 5.26 Å². The zero-order valence-electron chi connectivity index (χ0n) is 11.5. The summed E-state index contributed by atoms with van der Waals surface area (Å²) in [5.41, 5.74) is 0.931. The van der Waals surface area contributed by atoms with Crippen molar-refractivity contribution in [3.8, 4) is 6.07 Å². The molecule has 0 spiro atoms. The molecule has 0 radical (unpaired) electrons. The van der Waals surface area contributed by atoms with E-state index in [2.05, 4.69) is 34.7 Å². The topological polar surface area (TPSA) is 27.0 Å². The highest BCUT2D eigenvalue weighted by Crippen LogP contribution is 2.29. The first-order valence-electron chi connectivity index (χ1n) is 6.78. The number of benzene rings is 1. The lowest BCUT2D eigenvalue weighted by Gasteiger charge is -2.25. The molecule has 0 saturated carbocycles.